The van der Waals surface area contributed by atoms with E-state index in [0.717, 1.165) is 27.9 Å². The first kappa shape index (κ1) is 16.3. The summed E-state index contributed by atoms with van der Waals surface area (Å²) >= 11 is 6.15. The lowest BCUT2D eigenvalue weighted by Gasteiger charge is -2.09. The molecule has 3 aromatic rings. The third-order valence-electron chi connectivity index (χ3n) is 4.22. The number of hydrogen-bond acceptors (Lipinski definition) is 2. The number of nitrogens with one attached hydrogen (secondary N) is 1. The van der Waals surface area contributed by atoms with Crippen molar-refractivity contribution < 1.29 is 9.21 Å². The van der Waals surface area contributed by atoms with Crippen molar-refractivity contribution in [3.63, 3.8) is 0 Å². The average Bonchev–Trinajstić information content (AvgIpc) is 3.04. The highest BCUT2D eigenvalue weighted by atomic mass is 35.5. The Labute approximate surface area is 146 Å². The average molecular weight is 340 g/mol. The molecule has 0 bridgehead atoms. The molecule has 0 fully saturated rings. The summed E-state index contributed by atoms with van der Waals surface area (Å²) < 4.78 is 5.74. The second-order valence-electron chi connectivity index (χ2n) is 5.78. The molecule has 0 aliphatic heterocycles. The molecular formula is C20H18ClNO2. The van der Waals surface area contributed by atoms with Crippen LogP contribution in [0, 0.1) is 20.8 Å². The fraction of sp³-hybridized carbons (Fsp3) is 0.150. The van der Waals surface area contributed by atoms with Gasteiger partial charge >= 0.3 is 0 Å². The van der Waals surface area contributed by atoms with Crippen molar-refractivity contribution in [3.05, 3.63) is 76.0 Å². The van der Waals surface area contributed by atoms with Crippen LogP contribution in [-0.2, 0) is 0 Å². The summed E-state index contributed by atoms with van der Waals surface area (Å²) in [5, 5.41) is 3.57. The number of anilines is 1. The summed E-state index contributed by atoms with van der Waals surface area (Å²) in [5.74, 6) is 0.626. The van der Waals surface area contributed by atoms with Crippen molar-refractivity contribution in [2.75, 3.05) is 5.32 Å². The van der Waals surface area contributed by atoms with Gasteiger partial charge in [0.1, 0.15) is 5.76 Å². The third-order valence-corrected chi connectivity index (χ3v) is 4.63. The van der Waals surface area contributed by atoms with E-state index in [4.69, 9.17) is 16.0 Å². The Hall–Kier alpha value is -2.52. The zero-order valence-electron chi connectivity index (χ0n) is 13.8. The quantitative estimate of drug-likeness (QED) is 0.657. The van der Waals surface area contributed by atoms with Gasteiger partial charge in [0.05, 0.1) is 0 Å². The maximum absolute atomic E-state index is 12.4. The number of halogens is 1. The summed E-state index contributed by atoms with van der Waals surface area (Å²) in [6.45, 7) is 5.92. The van der Waals surface area contributed by atoms with Crippen molar-refractivity contribution in [1.82, 2.24) is 0 Å². The van der Waals surface area contributed by atoms with Gasteiger partial charge in [-0.05, 0) is 61.7 Å². The molecule has 0 saturated carbocycles. The predicted molar refractivity (Wildman–Crippen MR) is 97.8 cm³/mol. The second-order valence-corrected chi connectivity index (χ2v) is 6.19. The fourth-order valence-corrected chi connectivity index (χ4v) is 2.72. The molecule has 1 amide bonds. The summed E-state index contributed by atoms with van der Waals surface area (Å²) in [6, 6.07) is 14.9. The van der Waals surface area contributed by atoms with Gasteiger partial charge in [-0.25, -0.2) is 0 Å². The Kier molecular flexibility index (Phi) is 4.45. The molecule has 0 unspecified atom stereocenters. The lowest BCUT2D eigenvalue weighted by Crippen LogP contribution is -2.12. The Morgan fingerprint density at radius 2 is 1.71 bits per heavy atom. The summed E-state index contributed by atoms with van der Waals surface area (Å²) in [6.07, 6.45) is 0. The largest absolute Gasteiger partial charge is 0.451 e. The monoisotopic (exact) mass is 339 g/mol. The molecule has 24 heavy (non-hydrogen) atoms. The van der Waals surface area contributed by atoms with Crippen molar-refractivity contribution in [3.8, 4) is 11.3 Å². The van der Waals surface area contributed by atoms with Crippen molar-refractivity contribution >= 4 is 23.2 Å². The molecule has 1 aromatic heterocycles. The highest BCUT2D eigenvalue weighted by molar-refractivity contribution is 6.31. The van der Waals surface area contributed by atoms with E-state index in [2.05, 4.69) is 5.32 Å². The van der Waals surface area contributed by atoms with Crippen LogP contribution in [0.1, 0.15) is 27.2 Å². The van der Waals surface area contributed by atoms with Crippen molar-refractivity contribution in [2.24, 2.45) is 0 Å². The SMILES string of the molecule is Cc1cccc(NC(=O)c2ccc(-c3cccc(Cl)c3C)o2)c1C. The molecule has 4 heteroatoms. The Bertz CT molecular complexity index is 912. The summed E-state index contributed by atoms with van der Waals surface area (Å²) in [7, 11) is 0. The number of carbonyl (C=O) groups is 1. The van der Waals surface area contributed by atoms with E-state index >= 15 is 0 Å². The first-order valence-corrected chi connectivity index (χ1v) is 8.08. The first-order chi connectivity index (χ1) is 11.5. The standard InChI is InChI=1S/C20H18ClNO2/c1-12-6-4-9-17(13(12)2)22-20(23)19-11-10-18(24-19)15-7-5-8-16(21)14(15)3/h4-11H,1-3H3,(H,22,23). The third kappa shape index (κ3) is 3.08. The maximum Gasteiger partial charge on any atom is 0.291 e. The fourth-order valence-electron chi connectivity index (χ4n) is 2.55. The number of carbonyl (C=O) groups excluding carboxylic acids is 1. The number of aryl methyl sites for hydroxylation is 1. The number of rotatable bonds is 3. The Balaban J connectivity index is 1.86. The molecule has 0 saturated heterocycles. The van der Waals surface area contributed by atoms with Gasteiger partial charge in [0.25, 0.3) is 5.91 Å². The molecular weight excluding hydrogens is 322 g/mol. The van der Waals surface area contributed by atoms with Crippen LogP contribution in [0.4, 0.5) is 5.69 Å². The van der Waals surface area contributed by atoms with E-state index in [1.165, 1.54) is 0 Å². The second kappa shape index (κ2) is 6.54. The van der Waals surface area contributed by atoms with Gasteiger partial charge in [0, 0.05) is 16.3 Å². The molecule has 0 aliphatic carbocycles. The Morgan fingerprint density at radius 1 is 0.958 bits per heavy atom. The van der Waals surface area contributed by atoms with Crippen LogP contribution in [-0.4, -0.2) is 5.91 Å². The van der Waals surface area contributed by atoms with Crippen LogP contribution in [0.5, 0.6) is 0 Å². The highest BCUT2D eigenvalue weighted by Crippen LogP contribution is 2.30. The molecule has 0 radical (unpaired) electrons. The van der Waals surface area contributed by atoms with Crippen molar-refractivity contribution in [1.29, 1.82) is 0 Å². The van der Waals surface area contributed by atoms with Gasteiger partial charge in [-0.3, -0.25) is 4.79 Å². The van der Waals surface area contributed by atoms with Crippen LogP contribution in [0.15, 0.2) is 52.9 Å². The summed E-state index contributed by atoms with van der Waals surface area (Å²) in [4.78, 5) is 12.4. The van der Waals surface area contributed by atoms with E-state index in [1.807, 2.05) is 57.2 Å². The molecule has 0 spiro atoms. The normalized spacial score (nSPS) is 10.7. The number of furan rings is 1. The minimum absolute atomic E-state index is 0.269. The topological polar surface area (TPSA) is 42.2 Å². The number of hydrogen-bond donors (Lipinski definition) is 1. The van der Waals surface area contributed by atoms with Gasteiger partial charge < -0.3 is 9.73 Å². The van der Waals surface area contributed by atoms with Crippen LogP contribution >= 0.6 is 11.6 Å². The molecule has 0 atom stereocenters. The zero-order valence-corrected chi connectivity index (χ0v) is 14.6. The Morgan fingerprint density at radius 3 is 2.50 bits per heavy atom. The number of amides is 1. The van der Waals surface area contributed by atoms with E-state index in [9.17, 15) is 4.79 Å². The van der Waals surface area contributed by atoms with E-state index in [-0.39, 0.29) is 11.7 Å². The first-order valence-electron chi connectivity index (χ1n) is 7.70. The van der Waals surface area contributed by atoms with Gasteiger partial charge in [0.15, 0.2) is 5.76 Å². The van der Waals surface area contributed by atoms with Crippen molar-refractivity contribution in [2.45, 2.75) is 20.8 Å². The number of benzene rings is 2. The van der Waals surface area contributed by atoms with Crippen LogP contribution in [0.25, 0.3) is 11.3 Å². The predicted octanol–water partition coefficient (Wildman–Crippen LogP) is 5.78. The van der Waals surface area contributed by atoms with Gasteiger partial charge in [-0.15, -0.1) is 0 Å². The molecule has 1 N–H and O–H groups in total. The smallest absolute Gasteiger partial charge is 0.291 e. The van der Waals surface area contributed by atoms with Gasteiger partial charge in [-0.2, -0.15) is 0 Å². The lowest BCUT2D eigenvalue weighted by molar-refractivity contribution is 0.0997. The molecule has 2 aromatic carbocycles. The summed E-state index contributed by atoms with van der Waals surface area (Å²) in [5.41, 5.74) is 4.77. The molecule has 3 rings (SSSR count). The van der Waals surface area contributed by atoms with Gasteiger partial charge in [-0.1, -0.05) is 35.9 Å². The van der Waals surface area contributed by atoms with Crippen LogP contribution in [0.3, 0.4) is 0 Å². The molecule has 3 nitrogen and oxygen atoms in total. The molecule has 0 aliphatic rings. The van der Waals surface area contributed by atoms with Crippen LogP contribution in [0.2, 0.25) is 5.02 Å². The minimum Gasteiger partial charge on any atom is -0.451 e. The van der Waals surface area contributed by atoms with E-state index < -0.39 is 0 Å². The van der Waals surface area contributed by atoms with E-state index in [0.29, 0.717) is 10.8 Å². The maximum atomic E-state index is 12.4. The van der Waals surface area contributed by atoms with Gasteiger partial charge in [0.2, 0.25) is 0 Å². The molecule has 1 heterocycles. The zero-order chi connectivity index (χ0) is 17.3. The minimum atomic E-state index is -0.269. The van der Waals surface area contributed by atoms with Crippen LogP contribution < -0.4 is 5.32 Å². The highest BCUT2D eigenvalue weighted by Gasteiger charge is 2.15. The lowest BCUT2D eigenvalue weighted by atomic mass is 10.1. The van der Waals surface area contributed by atoms with E-state index in [1.54, 1.807) is 12.1 Å². The molecule has 122 valence electrons.